The van der Waals surface area contributed by atoms with Gasteiger partial charge in [-0.25, -0.2) is 9.78 Å². The van der Waals surface area contributed by atoms with Crippen LogP contribution in [0.4, 0.5) is 16.3 Å². The van der Waals surface area contributed by atoms with Crippen molar-refractivity contribution in [2.45, 2.75) is 51.5 Å². The van der Waals surface area contributed by atoms with E-state index in [0.717, 1.165) is 24.6 Å². The average molecular weight is 449 g/mol. The number of piperazine rings is 1. The molecule has 7 heteroatoms. The number of rotatable bonds is 4. The zero-order valence-electron chi connectivity index (χ0n) is 19.5. The van der Waals surface area contributed by atoms with Crippen molar-refractivity contribution in [2.75, 3.05) is 42.6 Å². The number of nitrogens with zero attached hydrogens (tertiary/aromatic N) is 4. The second kappa shape index (κ2) is 9.04. The summed E-state index contributed by atoms with van der Waals surface area (Å²) >= 11 is 0. The van der Waals surface area contributed by atoms with Crippen molar-refractivity contribution in [1.82, 2.24) is 9.88 Å². The fourth-order valence-corrected chi connectivity index (χ4v) is 5.35. The number of hydrogen-bond donors (Lipinski definition) is 0. The minimum atomic E-state index is -0.335. The van der Waals surface area contributed by atoms with E-state index in [-0.39, 0.29) is 18.0 Å². The molecule has 3 heterocycles. The van der Waals surface area contributed by atoms with Gasteiger partial charge in [-0.05, 0) is 68.0 Å². The number of pyridine rings is 1. The number of ether oxygens (including phenoxy) is 1. The lowest BCUT2D eigenvalue weighted by atomic mass is 9.98. The van der Waals surface area contributed by atoms with Crippen molar-refractivity contribution < 1.29 is 14.3 Å². The lowest BCUT2D eigenvalue weighted by Gasteiger charge is -2.36. The monoisotopic (exact) mass is 448 g/mol. The van der Waals surface area contributed by atoms with Crippen molar-refractivity contribution in [3.8, 4) is 0 Å². The maximum absolute atomic E-state index is 13.0. The first-order valence-corrected chi connectivity index (χ1v) is 12.1. The molecule has 5 rings (SSSR count). The minimum absolute atomic E-state index is 0.00331. The van der Waals surface area contributed by atoms with Gasteiger partial charge in [0.2, 0.25) is 0 Å². The summed E-state index contributed by atoms with van der Waals surface area (Å²) in [5, 5.41) is 0. The van der Waals surface area contributed by atoms with E-state index in [9.17, 15) is 9.59 Å². The van der Waals surface area contributed by atoms with Crippen LogP contribution in [0, 0.1) is 6.92 Å². The molecule has 2 saturated heterocycles. The smallest absolute Gasteiger partial charge is 0.414 e. The summed E-state index contributed by atoms with van der Waals surface area (Å²) in [5.41, 5.74) is 4.00. The quantitative estimate of drug-likeness (QED) is 0.696. The summed E-state index contributed by atoms with van der Waals surface area (Å²) in [5.74, 6) is 1.74. The molecule has 1 aromatic heterocycles. The number of aryl methyl sites for hydroxylation is 1. The van der Waals surface area contributed by atoms with Crippen molar-refractivity contribution in [2.24, 2.45) is 0 Å². The normalized spacial score (nSPS) is 21.6. The molecule has 0 bridgehead atoms. The molecular formula is C26H32N4O3. The molecule has 0 radical (unpaired) electrons. The molecule has 1 aliphatic carbocycles. The SMILES string of the molecule is Cc1cc(C2CCCC2)cnc1N1CCN(C(=O)c2ccc(N3C(=O)OCC3C)cc2)CC1. The van der Waals surface area contributed by atoms with Gasteiger partial charge in [-0.2, -0.15) is 0 Å². The van der Waals surface area contributed by atoms with Gasteiger partial charge in [0, 0.05) is 43.6 Å². The van der Waals surface area contributed by atoms with Crippen molar-refractivity contribution in [1.29, 1.82) is 0 Å². The van der Waals surface area contributed by atoms with E-state index in [4.69, 9.17) is 9.72 Å². The minimum Gasteiger partial charge on any atom is -0.447 e. The fourth-order valence-electron chi connectivity index (χ4n) is 5.35. The van der Waals surface area contributed by atoms with Gasteiger partial charge >= 0.3 is 6.09 Å². The number of anilines is 2. The van der Waals surface area contributed by atoms with Crippen LogP contribution in [-0.4, -0.2) is 60.7 Å². The third-order valence-corrected chi connectivity index (χ3v) is 7.24. The fraction of sp³-hybridized carbons (Fsp3) is 0.500. The Morgan fingerprint density at radius 2 is 1.76 bits per heavy atom. The molecule has 3 aliphatic rings. The number of amides is 2. The third kappa shape index (κ3) is 4.28. The van der Waals surface area contributed by atoms with Crippen LogP contribution in [0.15, 0.2) is 36.5 Å². The first-order valence-electron chi connectivity index (χ1n) is 12.1. The number of aromatic nitrogens is 1. The number of hydrogen-bond acceptors (Lipinski definition) is 5. The summed E-state index contributed by atoms with van der Waals surface area (Å²) < 4.78 is 5.09. The van der Waals surface area contributed by atoms with Gasteiger partial charge in [-0.1, -0.05) is 18.9 Å². The second-order valence-electron chi connectivity index (χ2n) is 9.51. The maximum atomic E-state index is 13.0. The lowest BCUT2D eigenvalue weighted by molar-refractivity contribution is 0.0746. The average Bonchev–Trinajstić information content (AvgIpc) is 3.49. The first-order chi connectivity index (χ1) is 16.0. The molecule has 0 spiro atoms. The highest BCUT2D eigenvalue weighted by Gasteiger charge is 2.31. The summed E-state index contributed by atoms with van der Waals surface area (Å²) in [6.45, 7) is 7.37. The zero-order chi connectivity index (χ0) is 22.9. The van der Waals surface area contributed by atoms with E-state index in [2.05, 4.69) is 24.1 Å². The van der Waals surface area contributed by atoms with Crippen LogP contribution in [0.5, 0.6) is 0 Å². The Bertz CT molecular complexity index is 1020. The largest absolute Gasteiger partial charge is 0.447 e. The van der Waals surface area contributed by atoms with Crippen LogP contribution in [0.25, 0.3) is 0 Å². The molecule has 2 aromatic rings. The molecule has 2 amide bonds. The Morgan fingerprint density at radius 3 is 2.36 bits per heavy atom. The molecule has 2 aliphatic heterocycles. The molecule has 3 fully saturated rings. The Balaban J connectivity index is 1.20. The molecule has 1 aromatic carbocycles. The Labute approximate surface area is 195 Å². The molecule has 0 N–H and O–H groups in total. The predicted octanol–water partition coefficient (Wildman–Crippen LogP) is 4.36. The molecule has 1 atom stereocenters. The third-order valence-electron chi connectivity index (χ3n) is 7.24. The van der Waals surface area contributed by atoms with Crippen LogP contribution >= 0.6 is 0 Å². The van der Waals surface area contributed by atoms with Gasteiger partial charge in [0.25, 0.3) is 5.91 Å². The summed E-state index contributed by atoms with van der Waals surface area (Å²) in [4.78, 5) is 35.6. The standard InChI is InChI=1S/C26H32N4O3/c1-18-15-22(20-5-3-4-6-20)16-27-24(18)28-11-13-29(14-12-28)25(31)21-7-9-23(10-8-21)30-19(2)17-33-26(30)32/h7-10,15-16,19-20H,3-6,11-14,17H2,1-2H3. The summed E-state index contributed by atoms with van der Waals surface area (Å²) in [6, 6.07) is 9.56. The summed E-state index contributed by atoms with van der Waals surface area (Å²) in [7, 11) is 0. The van der Waals surface area contributed by atoms with E-state index in [0.29, 0.717) is 31.2 Å². The molecular weight excluding hydrogens is 416 g/mol. The zero-order valence-corrected chi connectivity index (χ0v) is 19.5. The molecule has 33 heavy (non-hydrogen) atoms. The molecule has 174 valence electrons. The van der Waals surface area contributed by atoms with E-state index < -0.39 is 0 Å². The number of carbonyl (C=O) groups excluding carboxylic acids is 2. The van der Waals surface area contributed by atoms with Gasteiger partial charge in [0.05, 0.1) is 6.04 Å². The van der Waals surface area contributed by atoms with Crippen LogP contribution in [0.1, 0.15) is 60.0 Å². The van der Waals surface area contributed by atoms with E-state index in [1.54, 1.807) is 17.0 Å². The van der Waals surface area contributed by atoms with Gasteiger partial charge in [0.15, 0.2) is 0 Å². The highest BCUT2D eigenvalue weighted by Crippen LogP contribution is 2.35. The van der Waals surface area contributed by atoms with Crippen molar-refractivity contribution >= 4 is 23.5 Å². The second-order valence-corrected chi connectivity index (χ2v) is 9.51. The number of cyclic esters (lactones) is 1. The van der Waals surface area contributed by atoms with Crippen molar-refractivity contribution in [3.05, 3.63) is 53.2 Å². The Morgan fingerprint density at radius 1 is 1.06 bits per heavy atom. The predicted molar refractivity (Wildman–Crippen MR) is 128 cm³/mol. The molecule has 7 nitrogen and oxygen atoms in total. The van der Waals surface area contributed by atoms with E-state index in [1.165, 1.54) is 36.8 Å². The first kappa shape index (κ1) is 21.7. The molecule has 1 unspecified atom stereocenters. The lowest BCUT2D eigenvalue weighted by Crippen LogP contribution is -2.49. The van der Waals surface area contributed by atoms with Gasteiger partial charge in [0.1, 0.15) is 12.4 Å². The Kier molecular flexibility index (Phi) is 5.96. The van der Waals surface area contributed by atoms with Gasteiger partial charge < -0.3 is 14.5 Å². The summed E-state index contributed by atoms with van der Waals surface area (Å²) in [6.07, 6.45) is 6.95. The van der Waals surface area contributed by atoms with E-state index >= 15 is 0 Å². The van der Waals surface area contributed by atoms with Crippen LogP contribution in [0.3, 0.4) is 0 Å². The Hall–Kier alpha value is -3.09. The van der Waals surface area contributed by atoms with Crippen LogP contribution < -0.4 is 9.80 Å². The van der Waals surface area contributed by atoms with E-state index in [1.807, 2.05) is 24.0 Å². The van der Waals surface area contributed by atoms with Crippen LogP contribution in [0.2, 0.25) is 0 Å². The van der Waals surface area contributed by atoms with Gasteiger partial charge in [-0.3, -0.25) is 9.69 Å². The molecule has 1 saturated carbocycles. The maximum Gasteiger partial charge on any atom is 0.414 e. The highest BCUT2D eigenvalue weighted by molar-refractivity contribution is 5.96. The van der Waals surface area contributed by atoms with Crippen molar-refractivity contribution in [3.63, 3.8) is 0 Å². The highest BCUT2D eigenvalue weighted by atomic mass is 16.6. The van der Waals surface area contributed by atoms with Gasteiger partial charge in [-0.15, -0.1) is 0 Å². The number of benzene rings is 1. The van der Waals surface area contributed by atoms with Crippen LogP contribution in [-0.2, 0) is 4.74 Å². The number of carbonyl (C=O) groups is 2. The topological polar surface area (TPSA) is 66.0 Å².